The average molecular weight is 334 g/mol. The van der Waals surface area contributed by atoms with Crippen molar-refractivity contribution in [3.05, 3.63) is 33.8 Å². The van der Waals surface area contributed by atoms with E-state index in [9.17, 15) is 4.79 Å². The third-order valence-corrected chi connectivity index (χ3v) is 3.46. The van der Waals surface area contributed by atoms with Crippen molar-refractivity contribution in [2.45, 2.75) is 16.0 Å². The van der Waals surface area contributed by atoms with Crippen LogP contribution in [-0.4, -0.2) is 21.8 Å². The first-order chi connectivity index (χ1) is 7.80. The van der Waals surface area contributed by atoms with Gasteiger partial charge < -0.3 is 4.74 Å². The third-order valence-electron chi connectivity index (χ3n) is 2.27. The maximum absolute atomic E-state index is 12.0. The molecule has 7 heteroatoms. The Labute approximate surface area is 123 Å². The quantitative estimate of drug-likeness (QED) is 0.458. The molecule has 2 nitrogen and oxygen atoms in total. The monoisotopic (exact) mass is 332 g/mol. The lowest BCUT2D eigenvalue weighted by molar-refractivity contribution is 0.0954. The highest BCUT2D eigenvalue weighted by atomic mass is 35.6. The summed E-state index contributed by atoms with van der Waals surface area (Å²) in [5.41, 5.74) is 0.304. The molecule has 0 radical (unpaired) electrons. The summed E-state index contributed by atoms with van der Waals surface area (Å²) in [7, 11) is 0. The number of ether oxygens (including phenoxy) is 1. The number of alkyl halides is 3. The highest BCUT2D eigenvalue weighted by molar-refractivity contribution is 6.68. The lowest BCUT2D eigenvalue weighted by Crippen LogP contribution is -2.20. The molecule has 1 heterocycles. The van der Waals surface area contributed by atoms with Gasteiger partial charge >= 0.3 is 0 Å². The predicted octanol–water partition coefficient (Wildman–Crippen LogP) is 4.31. The summed E-state index contributed by atoms with van der Waals surface area (Å²) >= 11 is 28.5. The van der Waals surface area contributed by atoms with Crippen molar-refractivity contribution in [2.75, 3.05) is 0 Å². The van der Waals surface area contributed by atoms with E-state index in [1.54, 1.807) is 6.07 Å². The van der Waals surface area contributed by atoms with Gasteiger partial charge in [-0.2, -0.15) is 0 Å². The largest absolute Gasteiger partial charge is 0.356 e. The molecule has 1 aromatic rings. The van der Waals surface area contributed by atoms with Crippen molar-refractivity contribution in [1.82, 2.24) is 0 Å². The highest BCUT2D eigenvalue weighted by Crippen LogP contribution is 2.45. The summed E-state index contributed by atoms with van der Waals surface area (Å²) in [6, 6.07) is 4.56. The van der Waals surface area contributed by atoms with Gasteiger partial charge in [-0.15, -0.1) is 0 Å². The van der Waals surface area contributed by atoms with Crippen LogP contribution in [0.4, 0.5) is 0 Å². The van der Waals surface area contributed by atoms with Crippen LogP contribution in [-0.2, 0) is 4.74 Å². The molecule has 1 aliphatic heterocycles. The zero-order valence-electron chi connectivity index (χ0n) is 8.09. The number of rotatable bonds is 2. The van der Waals surface area contributed by atoms with E-state index in [-0.39, 0.29) is 10.8 Å². The van der Waals surface area contributed by atoms with Crippen molar-refractivity contribution in [1.29, 1.82) is 0 Å². The lowest BCUT2D eigenvalue weighted by atomic mass is 10.1. The topological polar surface area (TPSA) is 29.6 Å². The molecule has 0 amide bonds. The number of carbonyl (C=O) groups is 1. The molecule has 1 saturated heterocycles. The molecule has 0 N–H and O–H groups in total. The maximum atomic E-state index is 12.0. The number of epoxide rings is 1. The molecule has 0 saturated carbocycles. The average Bonchev–Trinajstić information content (AvgIpc) is 2.95. The van der Waals surface area contributed by atoms with Crippen LogP contribution < -0.4 is 0 Å². The Morgan fingerprint density at radius 1 is 1.24 bits per heavy atom. The molecule has 92 valence electrons. The normalized spacial score (nSPS) is 23.6. The molecule has 0 spiro atoms. The summed E-state index contributed by atoms with van der Waals surface area (Å²) in [6.45, 7) is 0. The van der Waals surface area contributed by atoms with Crippen LogP contribution in [0.25, 0.3) is 0 Å². The van der Waals surface area contributed by atoms with E-state index in [1.165, 1.54) is 12.1 Å². The Balaban J connectivity index is 2.17. The summed E-state index contributed by atoms with van der Waals surface area (Å²) in [5, 5.41) is 0.697. The summed E-state index contributed by atoms with van der Waals surface area (Å²) < 4.78 is 3.43. The van der Waals surface area contributed by atoms with Crippen molar-refractivity contribution >= 4 is 63.8 Å². The summed E-state index contributed by atoms with van der Waals surface area (Å²) in [5.74, 6) is -0.317. The summed E-state index contributed by atoms with van der Waals surface area (Å²) in [4.78, 5) is 12.0. The molecule has 0 unspecified atom stereocenters. The minimum atomic E-state index is -1.61. The summed E-state index contributed by atoms with van der Waals surface area (Å²) in [6.07, 6.45) is -1.49. The first-order valence-corrected chi connectivity index (χ1v) is 6.41. The van der Waals surface area contributed by atoms with Gasteiger partial charge in [0.25, 0.3) is 0 Å². The minimum Gasteiger partial charge on any atom is -0.356 e. The van der Waals surface area contributed by atoms with Crippen LogP contribution in [0, 0.1) is 0 Å². The lowest BCUT2D eigenvalue weighted by Gasteiger charge is -2.06. The van der Waals surface area contributed by atoms with Crippen LogP contribution in [0.2, 0.25) is 10.0 Å². The zero-order chi connectivity index (χ0) is 12.8. The minimum absolute atomic E-state index is 0.251. The molecule has 1 aliphatic rings. The van der Waals surface area contributed by atoms with Gasteiger partial charge in [0.05, 0.1) is 5.02 Å². The second kappa shape index (κ2) is 4.76. The van der Waals surface area contributed by atoms with E-state index in [0.29, 0.717) is 10.6 Å². The fourth-order valence-electron chi connectivity index (χ4n) is 1.40. The Morgan fingerprint density at radius 3 is 2.35 bits per heavy atom. The molecular formula is C10H5Cl5O2. The number of hydrogen-bond acceptors (Lipinski definition) is 2. The molecular weight excluding hydrogens is 329 g/mol. The van der Waals surface area contributed by atoms with Gasteiger partial charge in [0.15, 0.2) is 11.9 Å². The second-order valence-corrected chi connectivity index (χ2v) is 6.72. The highest BCUT2D eigenvalue weighted by Gasteiger charge is 2.56. The first kappa shape index (κ1) is 13.7. The Hall–Kier alpha value is 0.300. The van der Waals surface area contributed by atoms with Crippen LogP contribution in [0.3, 0.4) is 0 Å². The predicted molar refractivity (Wildman–Crippen MR) is 69.7 cm³/mol. The van der Waals surface area contributed by atoms with Gasteiger partial charge in [-0.25, -0.2) is 0 Å². The fourth-order valence-corrected chi connectivity index (χ4v) is 2.40. The van der Waals surface area contributed by atoms with Gasteiger partial charge in [0, 0.05) is 10.6 Å². The number of benzene rings is 1. The SMILES string of the molecule is O=C(c1ccc(Cl)cc1Cl)[C@@H]1O[C@@H]1C(Cl)(Cl)Cl. The first-order valence-electron chi connectivity index (χ1n) is 4.52. The van der Waals surface area contributed by atoms with Crippen molar-refractivity contribution < 1.29 is 9.53 Å². The van der Waals surface area contributed by atoms with Crippen LogP contribution in [0.1, 0.15) is 10.4 Å². The van der Waals surface area contributed by atoms with Crippen molar-refractivity contribution in [2.24, 2.45) is 0 Å². The number of Topliss-reactive ketones (excluding diaryl/α,β-unsaturated/α-hetero) is 1. The van der Waals surface area contributed by atoms with E-state index < -0.39 is 16.0 Å². The van der Waals surface area contributed by atoms with E-state index in [1.807, 2.05) is 0 Å². The number of ketones is 1. The molecule has 0 bridgehead atoms. The van der Waals surface area contributed by atoms with E-state index in [2.05, 4.69) is 0 Å². The van der Waals surface area contributed by atoms with Crippen molar-refractivity contribution in [3.8, 4) is 0 Å². The number of carbonyl (C=O) groups excluding carboxylic acids is 1. The molecule has 0 aromatic heterocycles. The van der Waals surface area contributed by atoms with Crippen LogP contribution >= 0.6 is 58.0 Å². The Morgan fingerprint density at radius 2 is 1.88 bits per heavy atom. The Kier molecular flexibility index (Phi) is 3.85. The molecule has 1 fully saturated rings. The molecule has 17 heavy (non-hydrogen) atoms. The van der Waals surface area contributed by atoms with Crippen molar-refractivity contribution in [3.63, 3.8) is 0 Å². The zero-order valence-corrected chi connectivity index (χ0v) is 11.9. The van der Waals surface area contributed by atoms with E-state index in [4.69, 9.17) is 62.7 Å². The smallest absolute Gasteiger partial charge is 0.219 e. The third kappa shape index (κ3) is 3.01. The second-order valence-electron chi connectivity index (χ2n) is 3.51. The van der Waals surface area contributed by atoms with Gasteiger partial charge in [-0.05, 0) is 18.2 Å². The number of halogens is 5. The van der Waals surface area contributed by atoms with Crippen LogP contribution in [0.5, 0.6) is 0 Å². The van der Waals surface area contributed by atoms with E-state index >= 15 is 0 Å². The molecule has 2 atom stereocenters. The number of hydrogen-bond donors (Lipinski definition) is 0. The standard InChI is InChI=1S/C10H5Cl5O2/c11-4-1-2-5(6(12)3-4)7(16)8-9(17-8)10(13,14)15/h1-3,8-9H/t8-,9-/m0/s1. The van der Waals surface area contributed by atoms with Crippen LogP contribution in [0.15, 0.2) is 18.2 Å². The molecule has 1 aromatic carbocycles. The van der Waals surface area contributed by atoms with E-state index in [0.717, 1.165) is 0 Å². The Bertz CT molecular complexity index is 468. The van der Waals surface area contributed by atoms with Gasteiger partial charge in [0.1, 0.15) is 6.10 Å². The molecule has 0 aliphatic carbocycles. The van der Waals surface area contributed by atoms with Gasteiger partial charge in [-0.1, -0.05) is 58.0 Å². The fraction of sp³-hybridized carbons (Fsp3) is 0.300. The molecule has 2 rings (SSSR count). The van der Waals surface area contributed by atoms with Gasteiger partial charge in [0.2, 0.25) is 3.79 Å². The maximum Gasteiger partial charge on any atom is 0.219 e. The van der Waals surface area contributed by atoms with Gasteiger partial charge in [-0.3, -0.25) is 4.79 Å².